The molecule has 0 spiro atoms. The Labute approximate surface area is 135 Å². The molecule has 3 atom stereocenters. The maximum absolute atomic E-state index is 12.3. The van der Waals surface area contributed by atoms with Crippen molar-refractivity contribution in [3.8, 4) is 0 Å². The lowest BCUT2D eigenvalue weighted by molar-refractivity contribution is -0.127. The minimum atomic E-state index is -0.448. The Balaban J connectivity index is 1.67. The number of aliphatic hydroxyl groups is 1. The first kappa shape index (κ1) is 17.7. The van der Waals surface area contributed by atoms with Gasteiger partial charge in [0.1, 0.15) is 0 Å². The fourth-order valence-corrected chi connectivity index (χ4v) is 4.13. The molecule has 3 unspecified atom stereocenters. The van der Waals surface area contributed by atoms with E-state index in [4.69, 9.17) is 0 Å². The molecular formula is C18H34N2O2. The predicted molar refractivity (Wildman–Crippen MR) is 89.5 cm³/mol. The number of nitrogens with one attached hydrogen (secondary N) is 1. The number of carbonyl (C=O) groups excluding carboxylic acids is 1. The molecule has 0 bridgehead atoms. The Hall–Kier alpha value is -0.610. The highest BCUT2D eigenvalue weighted by Gasteiger charge is 2.29. The number of likely N-dealkylation sites (tertiary alicyclic amines) is 1. The van der Waals surface area contributed by atoms with Crippen molar-refractivity contribution in [2.45, 2.75) is 59.0 Å². The topological polar surface area (TPSA) is 52.6 Å². The van der Waals surface area contributed by atoms with E-state index in [0.29, 0.717) is 24.9 Å². The van der Waals surface area contributed by atoms with Gasteiger partial charge < -0.3 is 15.3 Å². The molecule has 1 amide bonds. The molecule has 1 heterocycles. The Morgan fingerprint density at radius 2 is 1.68 bits per heavy atom. The molecule has 0 aromatic rings. The summed E-state index contributed by atoms with van der Waals surface area (Å²) in [6, 6.07) is 0. The van der Waals surface area contributed by atoms with Crippen LogP contribution in [-0.2, 0) is 4.79 Å². The first-order valence-corrected chi connectivity index (χ1v) is 9.12. The van der Waals surface area contributed by atoms with Crippen molar-refractivity contribution in [3.63, 3.8) is 0 Å². The smallest absolute Gasteiger partial charge is 0.223 e. The first-order chi connectivity index (χ1) is 10.4. The molecule has 2 fully saturated rings. The molecule has 2 aliphatic rings. The average Bonchev–Trinajstić information content (AvgIpc) is 2.46. The third-order valence-electron chi connectivity index (χ3n) is 5.41. The normalized spacial score (nSPS) is 32.6. The van der Waals surface area contributed by atoms with Gasteiger partial charge in [-0.15, -0.1) is 0 Å². The number of piperidine rings is 1. The second kappa shape index (κ2) is 8.30. The van der Waals surface area contributed by atoms with Gasteiger partial charge in [-0.25, -0.2) is 0 Å². The molecule has 1 aliphatic carbocycles. The van der Waals surface area contributed by atoms with Gasteiger partial charge in [0.05, 0.1) is 6.10 Å². The number of hydrogen-bond acceptors (Lipinski definition) is 3. The number of β-amino-alcohol motifs (C(OH)–C–C–N with tert-alkyl or cyclic N) is 1. The predicted octanol–water partition coefficient (Wildman–Crippen LogP) is 2.27. The van der Waals surface area contributed by atoms with Crippen LogP contribution in [0.15, 0.2) is 0 Å². The third kappa shape index (κ3) is 5.54. The summed E-state index contributed by atoms with van der Waals surface area (Å²) < 4.78 is 0. The number of hydrogen-bond donors (Lipinski definition) is 2. The van der Waals surface area contributed by atoms with Crippen molar-refractivity contribution in [3.05, 3.63) is 0 Å². The number of nitrogens with zero attached hydrogens (tertiary/aromatic N) is 1. The third-order valence-corrected chi connectivity index (χ3v) is 5.41. The van der Waals surface area contributed by atoms with Crippen molar-refractivity contribution in [1.82, 2.24) is 10.2 Å². The van der Waals surface area contributed by atoms with Crippen LogP contribution in [0.25, 0.3) is 0 Å². The zero-order chi connectivity index (χ0) is 16.1. The second-order valence-electron chi connectivity index (χ2n) is 8.00. The maximum atomic E-state index is 12.3. The van der Waals surface area contributed by atoms with E-state index in [1.165, 1.54) is 19.3 Å². The van der Waals surface area contributed by atoms with Crippen molar-refractivity contribution in [2.24, 2.45) is 23.7 Å². The number of carbonyl (C=O) groups is 1. The van der Waals surface area contributed by atoms with Gasteiger partial charge in [0.2, 0.25) is 5.91 Å². The quantitative estimate of drug-likeness (QED) is 0.819. The molecule has 22 heavy (non-hydrogen) atoms. The van der Waals surface area contributed by atoms with Gasteiger partial charge in [-0.05, 0) is 62.9 Å². The van der Waals surface area contributed by atoms with E-state index in [0.717, 1.165) is 31.8 Å². The van der Waals surface area contributed by atoms with Gasteiger partial charge >= 0.3 is 0 Å². The monoisotopic (exact) mass is 310 g/mol. The fraction of sp³-hybridized carbons (Fsp3) is 0.944. The minimum absolute atomic E-state index is 0.141. The van der Waals surface area contributed by atoms with Gasteiger partial charge in [0.25, 0.3) is 0 Å². The molecule has 2 rings (SSSR count). The zero-order valence-electron chi connectivity index (χ0n) is 14.6. The largest absolute Gasteiger partial charge is 0.390 e. The lowest BCUT2D eigenvalue weighted by atomic mass is 9.76. The summed E-state index contributed by atoms with van der Waals surface area (Å²) in [5.41, 5.74) is 0. The summed E-state index contributed by atoms with van der Waals surface area (Å²) in [4.78, 5) is 14.6. The molecule has 1 saturated carbocycles. The summed E-state index contributed by atoms with van der Waals surface area (Å²) in [5, 5.41) is 13.1. The van der Waals surface area contributed by atoms with E-state index in [-0.39, 0.29) is 11.8 Å². The van der Waals surface area contributed by atoms with Crippen LogP contribution in [-0.4, -0.2) is 48.2 Å². The van der Waals surface area contributed by atoms with E-state index < -0.39 is 6.10 Å². The summed E-state index contributed by atoms with van der Waals surface area (Å²) in [6.07, 6.45) is 5.22. The van der Waals surface area contributed by atoms with Crippen molar-refractivity contribution in [2.75, 3.05) is 26.2 Å². The molecule has 4 heteroatoms. The van der Waals surface area contributed by atoms with E-state index in [1.807, 2.05) is 0 Å². The fourth-order valence-electron chi connectivity index (χ4n) is 4.13. The summed E-state index contributed by atoms with van der Waals surface area (Å²) >= 11 is 0. The molecule has 2 N–H and O–H groups in total. The van der Waals surface area contributed by atoms with Gasteiger partial charge in [0, 0.05) is 19.0 Å². The van der Waals surface area contributed by atoms with Crippen LogP contribution in [0.2, 0.25) is 0 Å². The Kier molecular flexibility index (Phi) is 6.69. The highest BCUT2D eigenvalue weighted by atomic mass is 16.3. The molecule has 128 valence electrons. The van der Waals surface area contributed by atoms with Crippen molar-refractivity contribution < 1.29 is 9.90 Å². The standard InChI is InChI=1S/C18H34N2O2/c1-13-4-6-20(7-5-13)12-17(21)11-19-18(22)16-9-14(2)8-15(3)10-16/h13-17,21H,4-12H2,1-3H3,(H,19,22). The Morgan fingerprint density at radius 1 is 1.09 bits per heavy atom. The minimum Gasteiger partial charge on any atom is -0.390 e. The van der Waals surface area contributed by atoms with E-state index in [9.17, 15) is 9.90 Å². The zero-order valence-corrected chi connectivity index (χ0v) is 14.6. The highest BCUT2D eigenvalue weighted by Crippen LogP contribution is 2.32. The SMILES string of the molecule is CC1CCN(CC(O)CNC(=O)C2CC(C)CC(C)C2)CC1. The Bertz CT molecular complexity index is 343. The summed E-state index contributed by atoms with van der Waals surface area (Å²) in [6.45, 7) is 9.99. The van der Waals surface area contributed by atoms with Crippen LogP contribution < -0.4 is 5.32 Å². The van der Waals surface area contributed by atoms with E-state index in [1.54, 1.807) is 0 Å². The average molecular weight is 310 g/mol. The molecular weight excluding hydrogens is 276 g/mol. The van der Waals surface area contributed by atoms with Crippen LogP contribution in [0.1, 0.15) is 52.9 Å². The number of rotatable bonds is 5. The van der Waals surface area contributed by atoms with Gasteiger partial charge in [-0.1, -0.05) is 20.8 Å². The molecule has 0 aromatic heterocycles. The van der Waals surface area contributed by atoms with Gasteiger partial charge in [0.15, 0.2) is 0 Å². The molecule has 1 aliphatic heterocycles. The molecule has 0 radical (unpaired) electrons. The van der Waals surface area contributed by atoms with Crippen molar-refractivity contribution in [1.29, 1.82) is 0 Å². The molecule has 0 aromatic carbocycles. The van der Waals surface area contributed by atoms with Crippen LogP contribution in [0.3, 0.4) is 0 Å². The molecule has 4 nitrogen and oxygen atoms in total. The maximum Gasteiger partial charge on any atom is 0.223 e. The van der Waals surface area contributed by atoms with Crippen LogP contribution in [0, 0.1) is 23.7 Å². The Morgan fingerprint density at radius 3 is 2.27 bits per heavy atom. The number of amides is 1. The van der Waals surface area contributed by atoms with E-state index in [2.05, 4.69) is 31.0 Å². The van der Waals surface area contributed by atoms with Gasteiger partial charge in [-0.3, -0.25) is 4.79 Å². The van der Waals surface area contributed by atoms with Gasteiger partial charge in [-0.2, -0.15) is 0 Å². The van der Waals surface area contributed by atoms with Crippen molar-refractivity contribution >= 4 is 5.91 Å². The summed E-state index contributed by atoms with van der Waals surface area (Å²) in [5.74, 6) is 2.37. The second-order valence-corrected chi connectivity index (χ2v) is 8.00. The number of aliphatic hydroxyl groups excluding tert-OH is 1. The first-order valence-electron chi connectivity index (χ1n) is 9.12. The molecule has 1 saturated heterocycles. The van der Waals surface area contributed by atoms with E-state index >= 15 is 0 Å². The lowest BCUT2D eigenvalue weighted by Crippen LogP contribution is -2.44. The highest BCUT2D eigenvalue weighted by molar-refractivity contribution is 5.78. The van der Waals surface area contributed by atoms with Crippen LogP contribution >= 0.6 is 0 Å². The van der Waals surface area contributed by atoms with Crippen LogP contribution in [0.4, 0.5) is 0 Å². The summed E-state index contributed by atoms with van der Waals surface area (Å²) in [7, 11) is 0. The van der Waals surface area contributed by atoms with Crippen LogP contribution in [0.5, 0.6) is 0 Å². The lowest BCUT2D eigenvalue weighted by Gasteiger charge is -2.32.